The third-order valence-electron chi connectivity index (χ3n) is 5.33. The molecule has 2 aliphatic heterocycles. The van der Waals surface area contributed by atoms with E-state index in [2.05, 4.69) is 21.9 Å². The summed E-state index contributed by atoms with van der Waals surface area (Å²) < 4.78 is 39.7. The first kappa shape index (κ1) is 16.6. The molecule has 5 heteroatoms. The van der Waals surface area contributed by atoms with Crippen LogP contribution in [0.15, 0.2) is 48.5 Å². The Bertz CT molecular complexity index is 742. The summed E-state index contributed by atoms with van der Waals surface area (Å²) in [6, 6.07) is 15.2. The highest BCUT2D eigenvalue weighted by Gasteiger charge is 2.38. The molecule has 0 N–H and O–H groups in total. The van der Waals surface area contributed by atoms with Crippen molar-refractivity contribution in [2.45, 2.75) is 38.3 Å². The van der Waals surface area contributed by atoms with Crippen LogP contribution in [0.25, 0.3) is 0 Å². The number of halogens is 3. The van der Waals surface area contributed by atoms with Gasteiger partial charge in [0.05, 0.1) is 5.56 Å². The molecule has 0 bridgehead atoms. The van der Waals surface area contributed by atoms with E-state index in [-0.39, 0.29) is 0 Å². The first-order valence-corrected chi connectivity index (χ1v) is 8.69. The summed E-state index contributed by atoms with van der Waals surface area (Å²) in [7, 11) is 0. The molecule has 2 aromatic carbocycles. The molecule has 1 saturated heterocycles. The first-order valence-electron chi connectivity index (χ1n) is 8.69. The van der Waals surface area contributed by atoms with Gasteiger partial charge >= 0.3 is 6.18 Å². The standard InChI is InChI=1S/C20H21F3N2/c21-20(22,23)19-8-4-7-16-12-25(14-18(16)19)17-9-10-24(13-17)11-15-5-2-1-3-6-15/h1-8,17H,9-14H2. The van der Waals surface area contributed by atoms with Crippen LogP contribution >= 0.6 is 0 Å². The fourth-order valence-corrected chi connectivity index (χ4v) is 4.07. The third kappa shape index (κ3) is 3.44. The SMILES string of the molecule is FC(F)(F)c1cccc2c1CN(C1CCN(Cc3ccccc3)C1)C2. The number of hydrogen-bond donors (Lipinski definition) is 0. The summed E-state index contributed by atoms with van der Waals surface area (Å²) in [5.41, 5.74) is 2.12. The molecule has 0 radical (unpaired) electrons. The molecule has 2 nitrogen and oxygen atoms in total. The fourth-order valence-electron chi connectivity index (χ4n) is 4.07. The zero-order valence-corrected chi connectivity index (χ0v) is 14.0. The van der Waals surface area contributed by atoms with Crippen LogP contribution in [-0.4, -0.2) is 28.9 Å². The van der Waals surface area contributed by atoms with Gasteiger partial charge in [-0.05, 0) is 29.2 Å². The Labute approximate surface area is 145 Å². The smallest absolute Gasteiger partial charge is 0.297 e. The molecule has 0 amide bonds. The average Bonchev–Trinajstić information content (AvgIpc) is 3.20. The Balaban J connectivity index is 1.43. The van der Waals surface area contributed by atoms with Gasteiger partial charge in [-0.15, -0.1) is 0 Å². The van der Waals surface area contributed by atoms with Gasteiger partial charge in [0.1, 0.15) is 0 Å². The lowest BCUT2D eigenvalue weighted by Crippen LogP contribution is -2.33. The lowest BCUT2D eigenvalue weighted by atomic mass is 10.0. The molecule has 1 fully saturated rings. The molecule has 0 saturated carbocycles. The molecule has 0 spiro atoms. The number of hydrogen-bond acceptors (Lipinski definition) is 2. The van der Waals surface area contributed by atoms with E-state index < -0.39 is 11.7 Å². The quantitative estimate of drug-likeness (QED) is 0.818. The second-order valence-electron chi connectivity index (χ2n) is 7.01. The van der Waals surface area contributed by atoms with Gasteiger partial charge in [0, 0.05) is 38.8 Å². The van der Waals surface area contributed by atoms with Gasteiger partial charge in [-0.3, -0.25) is 9.80 Å². The van der Waals surface area contributed by atoms with E-state index >= 15 is 0 Å². The Hall–Kier alpha value is -1.85. The van der Waals surface area contributed by atoms with Crippen molar-refractivity contribution < 1.29 is 13.2 Å². The number of rotatable bonds is 3. The van der Waals surface area contributed by atoms with E-state index in [9.17, 15) is 13.2 Å². The van der Waals surface area contributed by atoms with E-state index in [0.717, 1.165) is 31.6 Å². The van der Waals surface area contributed by atoms with Gasteiger partial charge in [0.15, 0.2) is 0 Å². The van der Waals surface area contributed by atoms with Crippen LogP contribution in [0, 0.1) is 0 Å². The van der Waals surface area contributed by atoms with Gasteiger partial charge in [-0.2, -0.15) is 13.2 Å². The molecule has 25 heavy (non-hydrogen) atoms. The van der Waals surface area contributed by atoms with Crippen LogP contribution in [0.5, 0.6) is 0 Å². The van der Waals surface area contributed by atoms with Crippen LogP contribution in [0.4, 0.5) is 13.2 Å². The monoisotopic (exact) mass is 346 g/mol. The lowest BCUT2D eigenvalue weighted by molar-refractivity contribution is -0.138. The molecule has 2 aromatic rings. The van der Waals surface area contributed by atoms with Gasteiger partial charge in [-0.25, -0.2) is 0 Å². The fraction of sp³-hybridized carbons (Fsp3) is 0.400. The van der Waals surface area contributed by atoms with Crippen LogP contribution < -0.4 is 0 Å². The number of alkyl halides is 3. The molecule has 2 aliphatic rings. The predicted octanol–water partition coefficient (Wildman–Crippen LogP) is 4.30. The third-order valence-corrected chi connectivity index (χ3v) is 5.33. The van der Waals surface area contributed by atoms with Crippen LogP contribution in [0.1, 0.15) is 28.7 Å². The van der Waals surface area contributed by atoms with Crippen molar-refractivity contribution >= 4 is 0 Å². The summed E-state index contributed by atoms with van der Waals surface area (Å²) >= 11 is 0. The number of nitrogens with zero attached hydrogens (tertiary/aromatic N) is 2. The summed E-state index contributed by atoms with van der Waals surface area (Å²) in [6.45, 7) is 3.87. The van der Waals surface area contributed by atoms with Crippen molar-refractivity contribution in [1.29, 1.82) is 0 Å². The van der Waals surface area contributed by atoms with Crippen LogP contribution in [-0.2, 0) is 25.8 Å². The van der Waals surface area contributed by atoms with E-state index in [1.165, 1.54) is 17.7 Å². The van der Waals surface area contributed by atoms with Gasteiger partial charge in [0.2, 0.25) is 0 Å². The predicted molar refractivity (Wildman–Crippen MR) is 90.8 cm³/mol. The summed E-state index contributed by atoms with van der Waals surface area (Å²) in [5.74, 6) is 0. The van der Waals surface area contributed by atoms with Crippen molar-refractivity contribution in [3.05, 3.63) is 70.8 Å². The zero-order valence-electron chi connectivity index (χ0n) is 14.0. The van der Waals surface area contributed by atoms with Gasteiger partial charge < -0.3 is 0 Å². The van der Waals surface area contributed by atoms with Crippen molar-refractivity contribution in [1.82, 2.24) is 9.80 Å². The highest BCUT2D eigenvalue weighted by Crippen LogP contribution is 2.38. The van der Waals surface area contributed by atoms with E-state index in [1.54, 1.807) is 0 Å². The second kappa shape index (κ2) is 6.46. The van der Waals surface area contributed by atoms with E-state index in [4.69, 9.17) is 0 Å². The number of fused-ring (bicyclic) bond motifs is 1. The highest BCUT2D eigenvalue weighted by molar-refractivity contribution is 5.39. The van der Waals surface area contributed by atoms with Crippen molar-refractivity contribution in [2.24, 2.45) is 0 Å². The minimum Gasteiger partial charge on any atom is -0.297 e. The molecule has 4 rings (SSSR count). The lowest BCUT2D eigenvalue weighted by Gasteiger charge is -2.24. The summed E-state index contributed by atoms with van der Waals surface area (Å²) in [6.07, 6.45) is -3.25. The zero-order chi connectivity index (χ0) is 17.4. The molecule has 0 aliphatic carbocycles. The van der Waals surface area contributed by atoms with Crippen LogP contribution in [0.3, 0.4) is 0 Å². The van der Waals surface area contributed by atoms with E-state index in [1.807, 2.05) is 24.3 Å². The van der Waals surface area contributed by atoms with Crippen molar-refractivity contribution in [3.8, 4) is 0 Å². The maximum atomic E-state index is 13.2. The van der Waals surface area contributed by atoms with Gasteiger partial charge in [-0.1, -0.05) is 42.5 Å². The molecule has 2 heterocycles. The molecule has 1 atom stereocenters. The Kier molecular flexibility index (Phi) is 4.29. The Morgan fingerprint density at radius 2 is 1.76 bits per heavy atom. The highest BCUT2D eigenvalue weighted by atomic mass is 19.4. The molecule has 0 aromatic heterocycles. The van der Waals surface area contributed by atoms with Crippen molar-refractivity contribution in [3.63, 3.8) is 0 Å². The molecule has 1 unspecified atom stereocenters. The number of benzene rings is 2. The maximum Gasteiger partial charge on any atom is 0.416 e. The number of likely N-dealkylation sites (tertiary alicyclic amines) is 1. The normalized spacial score (nSPS) is 21.6. The molecular weight excluding hydrogens is 325 g/mol. The van der Waals surface area contributed by atoms with Gasteiger partial charge in [0.25, 0.3) is 0 Å². The minimum atomic E-state index is -4.27. The average molecular weight is 346 g/mol. The first-order chi connectivity index (χ1) is 12.0. The molecule has 132 valence electrons. The second-order valence-corrected chi connectivity index (χ2v) is 7.01. The summed E-state index contributed by atoms with van der Waals surface area (Å²) in [5, 5.41) is 0. The summed E-state index contributed by atoms with van der Waals surface area (Å²) in [4.78, 5) is 4.61. The van der Waals surface area contributed by atoms with Crippen LogP contribution in [0.2, 0.25) is 0 Å². The van der Waals surface area contributed by atoms with E-state index in [0.29, 0.717) is 24.7 Å². The van der Waals surface area contributed by atoms with Crippen molar-refractivity contribution in [2.75, 3.05) is 13.1 Å². The Morgan fingerprint density at radius 3 is 2.52 bits per heavy atom. The minimum absolute atomic E-state index is 0.331. The largest absolute Gasteiger partial charge is 0.416 e. The maximum absolute atomic E-state index is 13.2. The Morgan fingerprint density at radius 1 is 0.960 bits per heavy atom. The molecular formula is C20H21F3N2. The topological polar surface area (TPSA) is 6.48 Å².